The summed E-state index contributed by atoms with van der Waals surface area (Å²) >= 11 is 0. The van der Waals surface area contributed by atoms with E-state index in [1.165, 1.54) is 12.1 Å². The minimum Gasteiger partial charge on any atom is -0.466 e. The smallest absolute Gasteiger partial charge is 0.342 e. The number of benzene rings is 2. The molecule has 1 aliphatic carbocycles. The molecule has 0 fully saturated rings. The zero-order chi connectivity index (χ0) is 21.4. The molecule has 2 aromatic carbocycles. The summed E-state index contributed by atoms with van der Waals surface area (Å²) in [6.07, 6.45) is 0. The van der Waals surface area contributed by atoms with E-state index in [1.807, 2.05) is 0 Å². The highest BCUT2D eigenvalue weighted by molar-refractivity contribution is 6.30. The molecule has 4 rings (SSSR count). The highest BCUT2D eigenvalue weighted by Crippen LogP contribution is 2.31. The first kappa shape index (κ1) is 19.3. The SMILES string of the molecule is Cc1cc(C(=O)OCC(=O)Nc2cccc3c2C(=O)c2ccccc2C3=O)c(C)o1. The van der Waals surface area contributed by atoms with E-state index in [2.05, 4.69) is 5.32 Å². The first-order chi connectivity index (χ1) is 14.4. The molecule has 0 spiro atoms. The van der Waals surface area contributed by atoms with E-state index in [0.717, 1.165) is 0 Å². The minimum absolute atomic E-state index is 0.127. The van der Waals surface area contributed by atoms with Crippen molar-refractivity contribution in [2.75, 3.05) is 11.9 Å². The summed E-state index contributed by atoms with van der Waals surface area (Å²) in [7, 11) is 0. The molecule has 0 saturated heterocycles. The third-order valence-corrected chi connectivity index (χ3v) is 4.82. The van der Waals surface area contributed by atoms with Crippen LogP contribution in [0.15, 0.2) is 52.9 Å². The maximum absolute atomic E-state index is 12.9. The maximum Gasteiger partial charge on any atom is 0.342 e. The number of anilines is 1. The van der Waals surface area contributed by atoms with Gasteiger partial charge in [-0.2, -0.15) is 0 Å². The molecule has 0 atom stereocenters. The summed E-state index contributed by atoms with van der Waals surface area (Å²) in [5.41, 5.74) is 1.40. The number of rotatable bonds is 4. The Morgan fingerprint density at radius 1 is 0.933 bits per heavy atom. The van der Waals surface area contributed by atoms with Crippen LogP contribution in [0.4, 0.5) is 5.69 Å². The summed E-state index contributed by atoms with van der Waals surface area (Å²) in [6, 6.07) is 12.7. The standard InChI is InChI=1S/C23H17NO6/c1-12-10-17(13(2)30-12)23(28)29-11-19(25)24-18-9-5-8-16-20(18)22(27)15-7-4-3-6-14(15)21(16)26/h3-10H,11H2,1-2H3,(H,24,25). The van der Waals surface area contributed by atoms with Crippen LogP contribution in [0.25, 0.3) is 0 Å². The molecular formula is C23H17NO6. The molecule has 30 heavy (non-hydrogen) atoms. The van der Waals surface area contributed by atoms with Crippen LogP contribution in [0.3, 0.4) is 0 Å². The van der Waals surface area contributed by atoms with Gasteiger partial charge in [-0.15, -0.1) is 0 Å². The van der Waals surface area contributed by atoms with Gasteiger partial charge in [-0.1, -0.05) is 36.4 Å². The molecule has 7 nitrogen and oxygen atoms in total. The third-order valence-electron chi connectivity index (χ3n) is 4.82. The number of aryl methyl sites for hydroxylation is 2. The van der Waals surface area contributed by atoms with Crippen LogP contribution in [0, 0.1) is 13.8 Å². The molecule has 1 amide bonds. The highest BCUT2D eigenvalue weighted by Gasteiger charge is 2.31. The van der Waals surface area contributed by atoms with Crippen molar-refractivity contribution < 1.29 is 28.3 Å². The van der Waals surface area contributed by atoms with Gasteiger partial charge in [0.25, 0.3) is 5.91 Å². The second-order valence-corrected chi connectivity index (χ2v) is 6.88. The average molecular weight is 403 g/mol. The molecule has 0 saturated carbocycles. The lowest BCUT2D eigenvalue weighted by Crippen LogP contribution is -2.26. The largest absolute Gasteiger partial charge is 0.466 e. The number of hydrogen-bond acceptors (Lipinski definition) is 6. The number of fused-ring (bicyclic) bond motifs is 2. The second kappa shape index (κ2) is 7.44. The van der Waals surface area contributed by atoms with Crippen LogP contribution in [0.2, 0.25) is 0 Å². The molecule has 1 heterocycles. The van der Waals surface area contributed by atoms with Gasteiger partial charge in [0.2, 0.25) is 0 Å². The molecule has 1 aromatic heterocycles. The van der Waals surface area contributed by atoms with Gasteiger partial charge in [-0.3, -0.25) is 14.4 Å². The number of nitrogens with one attached hydrogen (secondary N) is 1. The Kier molecular flexibility index (Phi) is 4.79. The van der Waals surface area contributed by atoms with E-state index in [4.69, 9.17) is 9.15 Å². The molecule has 0 radical (unpaired) electrons. The number of amides is 1. The number of hydrogen-bond donors (Lipinski definition) is 1. The van der Waals surface area contributed by atoms with Gasteiger partial charge < -0.3 is 14.5 Å². The summed E-state index contributed by atoms with van der Waals surface area (Å²) in [5, 5.41) is 2.57. The van der Waals surface area contributed by atoms with Crippen molar-refractivity contribution in [2.45, 2.75) is 13.8 Å². The lowest BCUT2D eigenvalue weighted by molar-refractivity contribution is -0.119. The Morgan fingerprint density at radius 2 is 1.60 bits per heavy atom. The summed E-state index contributed by atoms with van der Waals surface area (Å²) < 4.78 is 10.3. The van der Waals surface area contributed by atoms with Crippen LogP contribution in [0.5, 0.6) is 0 Å². The Bertz CT molecular complexity index is 1220. The molecule has 0 bridgehead atoms. The van der Waals surface area contributed by atoms with E-state index < -0.39 is 18.5 Å². The molecule has 0 aliphatic heterocycles. The predicted molar refractivity (Wildman–Crippen MR) is 107 cm³/mol. The molecule has 1 N–H and O–H groups in total. The Labute approximate surface area is 171 Å². The Balaban J connectivity index is 1.53. The van der Waals surface area contributed by atoms with E-state index >= 15 is 0 Å². The van der Waals surface area contributed by atoms with Gasteiger partial charge in [0.05, 0.1) is 11.3 Å². The molecule has 150 valence electrons. The van der Waals surface area contributed by atoms with Gasteiger partial charge in [-0.25, -0.2) is 4.79 Å². The Morgan fingerprint density at radius 3 is 2.27 bits per heavy atom. The maximum atomic E-state index is 12.9. The highest BCUT2D eigenvalue weighted by atomic mass is 16.5. The van der Waals surface area contributed by atoms with Crippen molar-refractivity contribution in [1.82, 2.24) is 0 Å². The first-order valence-electron chi connectivity index (χ1n) is 9.22. The summed E-state index contributed by atoms with van der Waals surface area (Å²) in [5.74, 6) is -0.990. The lowest BCUT2D eigenvalue weighted by atomic mass is 9.83. The van der Waals surface area contributed by atoms with E-state index in [9.17, 15) is 19.2 Å². The fourth-order valence-corrected chi connectivity index (χ4v) is 3.48. The normalized spacial score (nSPS) is 12.2. The van der Waals surface area contributed by atoms with Gasteiger partial charge >= 0.3 is 5.97 Å². The minimum atomic E-state index is -0.685. The van der Waals surface area contributed by atoms with E-state index in [0.29, 0.717) is 17.1 Å². The van der Waals surface area contributed by atoms with Crippen molar-refractivity contribution in [3.05, 3.63) is 87.9 Å². The van der Waals surface area contributed by atoms with Crippen LogP contribution in [0.1, 0.15) is 53.7 Å². The summed E-state index contributed by atoms with van der Waals surface area (Å²) in [6.45, 7) is 2.77. The van der Waals surface area contributed by atoms with E-state index in [-0.39, 0.29) is 39.5 Å². The van der Waals surface area contributed by atoms with Gasteiger partial charge in [-0.05, 0) is 26.0 Å². The average Bonchev–Trinajstić information content (AvgIpc) is 3.08. The zero-order valence-electron chi connectivity index (χ0n) is 16.3. The molecule has 7 heteroatoms. The van der Waals surface area contributed by atoms with Crippen molar-refractivity contribution in [3.8, 4) is 0 Å². The number of ketones is 2. The van der Waals surface area contributed by atoms with Gasteiger partial charge in [0.1, 0.15) is 17.1 Å². The van der Waals surface area contributed by atoms with Gasteiger partial charge in [0.15, 0.2) is 18.2 Å². The van der Waals surface area contributed by atoms with Crippen LogP contribution in [-0.2, 0) is 9.53 Å². The monoisotopic (exact) mass is 403 g/mol. The first-order valence-corrected chi connectivity index (χ1v) is 9.22. The number of carbonyl (C=O) groups is 4. The van der Waals surface area contributed by atoms with E-state index in [1.54, 1.807) is 50.2 Å². The molecule has 3 aromatic rings. The van der Waals surface area contributed by atoms with Crippen molar-refractivity contribution in [2.24, 2.45) is 0 Å². The molecular weight excluding hydrogens is 386 g/mol. The quantitative estimate of drug-likeness (QED) is 0.524. The fraction of sp³-hybridized carbons (Fsp3) is 0.130. The van der Waals surface area contributed by atoms with Gasteiger partial charge in [0, 0.05) is 16.7 Å². The van der Waals surface area contributed by atoms with Crippen molar-refractivity contribution in [3.63, 3.8) is 0 Å². The lowest BCUT2D eigenvalue weighted by Gasteiger charge is -2.20. The molecule has 0 unspecified atom stereocenters. The number of carbonyl (C=O) groups excluding carboxylic acids is 4. The van der Waals surface area contributed by atoms with Crippen molar-refractivity contribution in [1.29, 1.82) is 0 Å². The van der Waals surface area contributed by atoms with Crippen molar-refractivity contribution >= 4 is 29.1 Å². The molecule has 1 aliphatic rings. The number of furan rings is 1. The fourth-order valence-electron chi connectivity index (χ4n) is 3.48. The third kappa shape index (κ3) is 3.30. The topological polar surface area (TPSA) is 103 Å². The summed E-state index contributed by atoms with van der Waals surface area (Å²) in [4.78, 5) is 50.2. The second-order valence-electron chi connectivity index (χ2n) is 6.88. The number of esters is 1. The van der Waals surface area contributed by atoms with Crippen LogP contribution < -0.4 is 5.32 Å². The zero-order valence-corrected chi connectivity index (χ0v) is 16.3. The number of ether oxygens (including phenoxy) is 1. The predicted octanol–water partition coefficient (Wildman–Crippen LogP) is 3.47. The van der Waals surface area contributed by atoms with Crippen LogP contribution in [-0.4, -0.2) is 30.0 Å². The van der Waals surface area contributed by atoms with Crippen LogP contribution >= 0.6 is 0 Å². The Hall–Kier alpha value is -4.00.